The first-order valence-corrected chi connectivity index (χ1v) is 10.9. The maximum atomic E-state index is 8.56. The Balaban J connectivity index is 1.40. The summed E-state index contributed by atoms with van der Waals surface area (Å²) in [6.45, 7) is 2.23. The van der Waals surface area contributed by atoms with E-state index in [-0.39, 0.29) is 0 Å². The number of aryl methyl sites for hydroxylation is 1. The van der Waals surface area contributed by atoms with E-state index in [1.54, 1.807) is 11.6 Å². The molecular formula is C25H35N. The standard InChI is InChI=1S/C25H35N/c1-2-20-7-11-22(12-8-20)24-15-17-25(18-16-24)23-13-9-21(10-14-23)6-4-3-5-19-26/h3,5,7-8,11-12,21,23-25H,2,4,6,9-10,13-18H2,1H3/t21-,23-,24-,25-. The van der Waals surface area contributed by atoms with Crippen molar-refractivity contribution in [1.29, 1.82) is 5.26 Å². The highest BCUT2D eigenvalue weighted by Crippen LogP contribution is 2.44. The lowest BCUT2D eigenvalue weighted by Crippen LogP contribution is -2.25. The summed E-state index contributed by atoms with van der Waals surface area (Å²) >= 11 is 0. The molecule has 140 valence electrons. The van der Waals surface area contributed by atoms with Crippen LogP contribution < -0.4 is 0 Å². The van der Waals surface area contributed by atoms with Crippen LogP contribution in [0.3, 0.4) is 0 Å². The lowest BCUT2D eigenvalue weighted by Gasteiger charge is -2.38. The average Bonchev–Trinajstić information content (AvgIpc) is 2.72. The number of benzene rings is 1. The van der Waals surface area contributed by atoms with Gasteiger partial charge in [0.05, 0.1) is 6.07 Å². The quantitative estimate of drug-likeness (QED) is 0.499. The highest BCUT2D eigenvalue weighted by molar-refractivity contribution is 5.25. The number of nitrogens with zero attached hydrogens (tertiary/aromatic N) is 1. The summed E-state index contributed by atoms with van der Waals surface area (Å²) in [5.41, 5.74) is 3.04. The molecule has 1 aromatic carbocycles. The van der Waals surface area contributed by atoms with Crippen molar-refractivity contribution in [2.24, 2.45) is 17.8 Å². The van der Waals surface area contributed by atoms with Crippen LogP contribution in [0, 0.1) is 29.1 Å². The summed E-state index contributed by atoms with van der Waals surface area (Å²) in [4.78, 5) is 0. The van der Waals surface area contributed by atoms with Crippen molar-refractivity contribution in [3.8, 4) is 6.07 Å². The molecule has 1 aromatic rings. The zero-order valence-electron chi connectivity index (χ0n) is 16.5. The molecular weight excluding hydrogens is 314 g/mol. The van der Waals surface area contributed by atoms with Crippen molar-refractivity contribution >= 4 is 0 Å². The first kappa shape index (κ1) is 19.2. The predicted molar refractivity (Wildman–Crippen MR) is 110 cm³/mol. The van der Waals surface area contributed by atoms with Crippen LogP contribution in [0.5, 0.6) is 0 Å². The average molecular weight is 350 g/mol. The van der Waals surface area contributed by atoms with Gasteiger partial charge in [0.2, 0.25) is 0 Å². The minimum absolute atomic E-state index is 0.806. The third-order valence-corrected chi connectivity index (χ3v) is 7.12. The van der Waals surface area contributed by atoms with Crippen molar-refractivity contribution in [1.82, 2.24) is 0 Å². The summed E-state index contributed by atoms with van der Waals surface area (Å²) in [5.74, 6) is 3.69. The van der Waals surface area contributed by atoms with E-state index in [0.717, 1.165) is 36.5 Å². The van der Waals surface area contributed by atoms with Crippen molar-refractivity contribution < 1.29 is 0 Å². The summed E-state index contributed by atoms with van der Waals surface area (Å²) in [6, 6.07) is 11.5. The smallest absolute Gasteiger partial charge is 0.0908 e. The van der Waals surface area contributed by atoms with Gasteiger partial charge < -0.3 is 0 Å². The van der Waals surface area contributed by atoms with Gasteiger partial charge in [0.1, 0.15) is 0 Å². The van der Waals surface area contributed by atoms with Crippen LogP contribution in [0.2, 0.25) is 0 Å². The van der Waals surface area contributed by atoms with Crippen LogP contribution in [-0.4, -0.2) is 0 Å². The summed E-state index contributed by atoms with van der Waals surface area (Å²) < 4.78 is 0. The summed E-state index contributed by atoms with van der Waals surface area (Å²) in [5, 5.41) is 8.56. The Morgan fingerprint density at radius 2 is 1.54 bits per heavy atom. The second kappa shape index (κ2) is 9.96. The molecule has 0 aromatic heterocycles. The van der Waals surface area contributed by atoms with E-state index >= 15 is 0 Å². The largest absolute Gasteiger partial charge is 0.193 e. The molecule has 0 bridgehead atoms. The molecule has 0 aliphatic heterocycles. The lowest BCUT2D eigenvalue weighted by atomic mass is 9.68. The number of hydrogen-bond donors (Lipinski definition) is 0. The Labute approximate surface area is 160 Å². The zero-order valence-corrected chi connectivity index (χ0v) is 16.5. The molecule has 0 spiro atoms. The van der Waals surface area contributed by atoms with E-state index in [4.69, 9.17) is 5.26 Å². The van der Waals surface area contributed by atoms with Crippen molar-refractivity contribution in [2.75, 3.05) is 0 Å². The Bertz CT molecular complexity index is 590. The van der Waals surface area contributed by atoms with Crippen LogP contribution in [0.15, 0.2) is 36.4 Å². The molecule has 2 saturated carbocycles. The van der Waals surface area contributed by atoms with Crippen LogP contribution in [0.1, 0.15) is 88.2 Å². The third-order valence-electron chi connectivity index (χ3n) is 7.12. The van der Waals surface area contributed by atoms with Gasteiger partial charge in [-0.3, -0.25) is 0 Å². The Kier molecular flexibility index (Phi) is 7.36. The number of allylic oxidation sites excluding steroid dienone is 2. The van der Waals surface area contributed by atoms with Gasteiger partial charge >= 0.3 is 0 Å². The zero-order chi connectivity index (χ0) is 18.2. The van der Waals surface area contributed by atoms with E-state index in [1.807, 2.05) is 6.08 Å². The topological polar surface area (TPSA) is 23.8 Å². The molecule has 1 heteroatoms. The molecule has 0 unspecified atom stereocenters. The van der Waals surface area contributed by atoms with Crippen molar-refractivity contribution in [2.45, 2.75) is 83.5 Å². The van der Waals surface area contributed by atoms with Gasteiger partial charge in [0, 0.05) is 6.08 Å². The molecule has 2 aliphatic rings. The maximum Gasteiger partial charge on any atom is 0.0908 e. The summed E-state index contributed by atoms with van der Waals surface area (Å²) in [7, 11) is 0. The minimum atomic E-state index is 0.806. The highest BCUT2D eigenvalue weighted by atomic mass is 14.4. The SMILES string of the molecule is CCc1ccc([C@H]2CC[C@H]([C@H]3CC[C@H](CCC=CC#N)CC3)CC2)cc1. The summed E-state index contributed by atoms with van der Waals surface area (Å²) in [6.07, 6.45) is 18.6. The monoisotopic (exact) mass is 349 g/mol. The maximum absolute atomic E-state index is 8.56. The Hall–Kier alpha value is -1.55. The number of hydrogen-bond acceptors (Lipinski definition) is 1. The van der Waals surface area contributed by atoms with Crippen LogP contribution in [0.25, 0.3) is 0 Å². The number of rotatable bonds is 6. The van der Waals surface area contributed by atoms with Crippen molar-refractivity contribution in [3.05, 3.63) is 47.5 Å². The van der Waals surface area contributed by atoms with Gasteiger partial charge in [-0.15, -0.1) is 0 Å². The van der Waals surface area contributed by atoms with Crippen LogP contribution in [0.4, 0.5) is 0 Å². The van der Waals surface area contributed by atoms with Gasteiger partial charge in [-0.05, 0) is 92.6 Å². The van der Waals surface area contributed by atoms with Gasteiger partial charge in [0.15, 0.2) is 0 Å². The molecule has 0 atom stereocenters. The molecule has 2 fully saturated rings. The minimum Gasteiger partial charge on any atom is -0.193 e. The van der Waals surface area contributed by atoms with E-state index in [2.05, 4.69) is 37.3 Å². The second-order valence-electron chi connectivity index (χ2n) is 8.60. The molecule has 1 nitrogen and oxygen atoms in total. The molecule has 0 saturated heterocycles. The molecule has 0 amide bonds. The van der Waals surface area contributed by atoms with E-state index in [1.165, 1.54) is 63.4 Å². The van der Waals surface area contributed by atoms with E-state index in [0.29, 0.717) is 0 Å². The molecule has 0 heterocycles. The number of nitriles is 1. The fourth-order valence-corrected chi connectivity index (χ4v) is 5.37. The highest BCUT2D eigenvalue weighted by Gasteiger charge is 2.31. The molecule has 26 heavy (non-hydrogen) atoms. The first-order valence-electron chi connectivity index (χ1n) is 10.9. The Morgan fingerprint density at radius 1 is 0.923 bits per heavy atom. The van der Waals surface area contributed by atoms with E-state index in [9.17, 15) is 0 Å². The van der Waals surface area contributed by atoms with Gasteiger partial charge in [-0.2, -0.15) is 5.26 Å². The second-order valence-corrected chi connectivity index (χ2v) is 8.60. The molecule has 3 rings (SSSR count). The third kappa shape index (κ3) is 5.23. The molecule has 0 radical (unpaired) electrons. The predicted octanol–water partition coefficient (Wildman–Crippen LogP) is 7.19. The Morgan fingerprint density at radius 3 is 2.12 bits per heavy atom. The van der Waals surface area contributed by atoms with Crippen LogP contribution >= 0.6 is 0 Å². The van der Waals surface area contributed by atoms with E-state index < -0.39 is 0 Å². The van der Waals surface area contributed by atoms with Gasteiger partial charge in [0.25, 0.3) is 0 Å². The molecule has 2 aliphatic carbocycles. The van der Waals surface area contributed by atoms with Gasteiger partial charge in [-0.1, -0.05) is 50.1 Å². The fourth-order valence-electron chi connectivity index (χ4n) is 5.37. The van der Waals surface area contributed by atoms with Gasteiger partial charge in [-0.25, -0.2) is 0 Å². The van der Waals surface area contributed by atoms with Crippen molar-refractivity contribution in [3.63, 3.8) is 0 Å². The fraction of sp³-hybridized carbons (Fsp3) is 0.640. The lowest BCUT2D eigenvalue weighted by molar-refractivity contribution is 0.157. The first-order chi connectivity index (χ1) is 12.8. The normalized spacial score (nSPS) is 29.5. The van der Waals surface area contributed by atoms with Crippen LogP contribution in [-0.2, 0) is 6.42 Å². The molecule has 0 N–H and O–H groups in total.